The van der Waals surface area contributed by atoms with E-state index in [-0.39, 0.29) is 6.61 Å². The van der Waals surface area contributed by atoms with E-state index in [4.69, 9.17) is 9.84 Å². The molecule has 0 saturated heterocycles. The molecule has 0 aromatic carbocycles. The van der Waals surface area contributed by atoms with Crippen LogP contribution in [-0.4, -0.2) is 36.2 Å². The minimum Gasteiger partial charge on any atom is -0.480 e. The lowest BCUT2D eigenvalue weighted by Crippen LogP contribution is -2.36. The van der Waals surface area contributed by atoms with Gasteiger partial charge in [0.05, 0.1) is 0 Å². The number of hydrogen-bond acceptors (Lipinski definition) is 4. The van der Waals surface area contributed by atoms with Crippen LogP contribution in [0.25, 0.3) is 0 Å². The first-order chi connectivity index (χ1) is 6.45. The third-order valence-corrected chi connectivity index (χ3v) is 1.50. The summed E-state index contributed by atoms with van der Waals surface area (Å²) in [5.41, 5.74) is 0.330. The third kappa shape index (κ3) is 5.31. The lowest BCUT2D eigenvalue weighted by molar-refractivity contribution is -0.139. The quantitative estimate of drug-likeness (QED) is 0.364. The maximum Gasteiger partial charge on any atom is 0.333 e. The molecule has 80 valence electrons. The second-order valence-electron chi connectivity index (χ2n) is 2.93. The molecule has 0 radical (unpaired) electrons. The van der Waals surface area contributed by atoms with E-state index >= 15 is 0 Å². The van der Waals surface area contributed by atoms with Crippen LogP contribution in [0.3, 0.4) is 0 Å². The Hall–Kier alpha value is -1.36. The number of carbonyl (C=O) groups excluding carboxylic acids is 1. The van der Waals surface area contributed by atoms with E-state index in [1.165, 1.54) is 6.92 Å². The molecule has 2 N–H and O–H groups in total. The van der Waals surface area contributed by atoms with Crippen LogP contribution in [0.5, 0.6) is 0 Å². The van der Waals surface area contributed by atoms with Crippen molar-refractivity contribution in [3.63, 3.8) is 0 Å². The number of aliphatic carboxylic acids is 1. The molecule has 0 bridgehead atoms. The Balaban J connectivity index is 3.52. The largest absolute Gasteiger partial charge is 0.480 e. The van der Waals surface area contributed by atoms with Crippen LogP contribution in [-0.2, 0) is 14.3 Å². The molecular weight excluding hydrogens is 186 g/mol. The lowest BCUT2D eigenvalue weighted by atomic mass is 10.3. The summed E-state index contributed by atoms with van der Waals surface area (Å²) in [7, 11) is 0. The summed E-state index contributed by atoms with van der Waals surface area (Å²) in [6, 6.07) is -0.640. The zero-order valence-electron chi connectivity index (χ0n) is 8.37. The zero-order valence-corrected chi connectivity index (χ0v) is 8.37. The zero-order chi connectivity index (χ0) is 11.1. The maximum absolute atomic E-state index is 10.9. The maximum atomic E-state index is 10.9. The fourth-order valence-electron chi connectivity index (χ4n) is 0.630. The van der Waals surface area contributed by atoms with Gasteiger partial charge in [0.2, 0.25) is 0 Å². The molecule has 0 saturated carbocycles. The molecule has 0 fully saturated rings. The van der Waals surface area contributed by atoms with Gasteiger partial charge in [-0.25, -0.2) is 4.79 Å². The number of carboxylic acids is 1. The summed E-state index contributed by atoms with van der Waals surface area (Å²) >= 11 is 0. The van der Waals surface area contributed by atoms with Crippen molar-refractivity contribution in [1.82, 2.24) is 5.32 Å². The number of ether oxygens (including phenoxy) is 1. The molecule has 1 unspecified atom stereocenters. The summed E-state index contributed by atoms with van der Waals surface area (Å²) in [5, 5.41) is 11.2. The Kier molecular flexibility index (Phi) is 5.55. The van der Waals surface area contributed by atoms with Gasteiger partial charge in [0.15, 0.2) is 0 Å². The molecule has 0 rings (SSSR count). The molecule has 0 amide bonds. The second-order valence-corrected chi connectivity index (χ2v) is 2.93. The van der Waals surface area contributed by atoms with E-state index < -0.39 is 18.0 Å². The minimum atomic E-state index is -0.934. The Labute approximate surface area is 82.7 Å². The van der Waals surface area contributed by atoms with Crippen LogP contribution >= 0.6 is 0 Å². The van der Waals surface area contributed by atoms with Gasteiger partial charge in [0.1, 0.15) is 12.6 Å². The van der Waals surface area contributed by atoms with Crippen molar-refractivity contribution in [2.75, 3.05) is 13.2 Å². The number of carboxylic acid groups (broad SMARTS) is 1. The van der Waals surface area contributed by atoms with Crippen molar-refractivity contribution < 1.29 is 19.4 Å². The molecule has 5 heteroatoms. The topological polar surface area (TPSA) is 75.6 Å². The van der Waals surface area contributed by atoms with Crippen molar-refractivity contribution in [3.05, 3.63) is 12.2 Å². The smallest absolute Gasteiger partial charge is 0.333 e. The molecule has 0 aliphatic heterocycles. The Morgan fingerprint density at radius 1 is 1.57 bits per heavy atom. The van der Waals surface area contributed by atoms with Gasteiger partial charge in [0, 0.05) is 12.1 Å². The first kappa shape index (κ1) is 12.6. The van der Waals surface area contributed by atoms with Crippen LogP contribution in [0.15, 0.2) is 12.2 Å². The predicted octanol–water partition coefficient (Wildman–Crippen LogP) is 0.168. The van der Waals surface area contributed by atoms with Crippen LogP contribution in [0.4, 0.5) is 0 Å². The number of nitrogens with one attached hydrogen (secondary N) is 1. The van der Waals surface area contributed by atoms with Crippen LogP contribution in [0.2, 0.25) is 0 Å². The minimum absolute atomic E-state index is 0.142. The summed E-state index contributed by atoms with van der Waals surface area (Å²) < 4.78 is 4.74. The average molecular weight is 201 g/mol. The monoisotopic (exact) mass is 201 g/mol. The van der Waals surface area contributed by atoms with Gasteiger partial charge in [0.25, 0.3) is 0 Å². The van der Waals surface area contributed by atoms with Crippen LogP contribution in [0, 0.1) is 0 Å². The van der Waals surface area contributed by atoms with Gasteiger partial charge in [-0.2, -0.15) is 0 Å². The highest BCUT2D eigenvalue weighted by Crippen LogP contribution is 1.90. The second kappa shape index (κ2) is 6.15. The first-order valence-corrected chi connectivity index (χ1v) is 4.24. The van der Waals surface area contributed by atoms with Crippen LogP contribution < -0.4 is 5.32 Å². The fourth-order valence-corrected chi connectivity index (χ4v) is 0.630. The van der Waals surface area contributed by atoms with E-state index in [0.717, 1.165) is 0 Å². The number of hydrogen-bond donors (Lipinski definition) is 2. The number of carbonyl (C=O) groups is 2. The molecule has 0 spiro atoms. The van der Waals surface area contributed by atoms with E-state index in [1.807, 2.05) is 0 Å². The Morgan fingerprint density at radius 2 is 2.14 bits per heavy atom. The molecule has 0 heterocycles. The summed E-state index contributed by atoms with van der Waals surface area (Å²) in [6.45, 7) is 6.93. The van der Waals surface area contributed by atoms with Gasteiger partial charge >= 0.3 is 11.9 Å². The van der Waals surface area contributed by atoms with Gasteiger partial charge in [-0.1, -0.05) is 6.58 Å². The standard InChI is InChI=1S/C9H15NO4/c1-6(2)9(13)14-5-4-10-7(3)8(11)12/h7,10H,1,4-5H2,2-3H3,(H,11,12). The third-order valence-electron chi connectivity index (χ3n) is 1.50. The molecule has 5 nitrogen and oxygen atoms in total. The molecule has 14 heavy (non-hydrogen) atoms. The summed E-state index contributed by atoms with van der Waals surface area (Å²) in [6.07, 6.45) is 0. The predicted molar refractivity (Wildman–Crippen MR) is 50.9 cm³/mol. The van der Waals surface area contributed by atoms with Gasteiger partial charge in [-0.15, -0.1) is 0 Å². The normalized spacial score (nSPS) is 11.9. The molecule has 0 aromatic rings. The molecule has 1 atom stereocenters. The average Bonchev–Trinajstić information content (AvgIpc) is 2.11. The highest BCUT2D eigenvalue weighted by molar-refractivity contribution is 5.86. The highest BCUT2D eigenvalue weighted by atomic mass is 16.5. The first-order valence-electron chi connectivity index (χ1n) is 4.24. The Bertz CT molecular complexity index is 237. The fraction of sp³-hybridized carbons (Fsp3) is 0.556. The van der Waals surface area contributed by atoms with Crippen molar-refractivity contribution >= 4 is 11.9 Å². The summed E-state index contributed by atoms with van der Waals surface area (Å²) in [5.74, 6) is -1.40. The van der Waals surface area contributed by atoms with E-state index in [0.29, 0.717) is 12.1 Å². The lowest BCUT2D eigenvalue weighted by Gasteiger charge is -2.09. The van der Waals surface area contributed by atoms with Crippen molar-refractivity contribution in [2.45, 2.75) is 19.9 Å². The molecule has 0 aliphatic carbocycles. The van der Waals surface area contributed by atoms with Crippen molar-refractivity contribution in [1.29, 1.82) is 0 Å². The van der Waals surface area contributed by atoms with E-state index in [9.17, 15) is 9.59 Å². The van der Waals surface area contributed by atoms with Gasteiger partial charge < -0.3 is 15.2 Å². The van der Waals surface area contributed by atoms with Gasteiger partial charge in [-0.05, 0) is 13.8 Å². The van der Waals surface area contributed by atoms with Gasteiger partial charge in [-0.3, -0.25) is 4.79 Å². The number of rotatable bonds is 6. The highest BCUT2D eigenvalue weighted by Gasteiger charge is 2.09. The number of esters is 1. The molecular formula is C9H15NO4. The molecule has 0 aromatic heterocycles. The van der Waals surface area contributed by atoms with E-state index in [1.54, 1.807) is 6.92 Å². The summed E-state index contributed by atoms with van der Waals surface area (Å²) in [4.78, 5) is 21.2. The van der Waals surface area contributed by atoms with Crippen molar-refractivity contribution in [3.8, 4) is 0 Å². The Morgan fingerprint density at radius 3 is 2.57 bits per heavy atom. The van der Waals surface area contributed by atoms with Crippen LogP contribution in [0.1, 0.15) is 13.8 Å². The molecule has 0 aliphatic rings. The SMILES string of the molecule is C=C(C)C(=O)OCCNC(C)C(=O)O. The van der Waals surface area contributed by atoms with E-state index in [2.05, 4.69) is 11.9 Å². The van der Waals surface area contributed by atoms with Crippen molar-refractivity contribution in [2.24, 2.45) is 0 Å².